The fourth-order valence-electron chi connectivity index (χ4n) is 1.76. The van der Waals surface area contributed by atoms with Crippen molar-refractivity contribution in [3.8, 4) is 0 Å². The Labute approximate surface area is 130 Å². The van der Waals surface area contributed by atoms with Crippen molar-refractivity contribution in [3.63, 3.8) is 0 Å². The van der Waals surface area contributed by atoms with Gasteiger partial charge in [0.2, 0.25) is 0 Å². The molecular formula is C14H10Cl2N2O3. The highest BCUT2D eigenvalue weighted by Gasteiger charge is 2.21. The van der Waals surface area contributed by atoms with E-state index in [2.05, 4.69) is 5.32 Å². The summed E-state index contributed by atoms with van der Waals surface area (Å²) in [4.78, 5) is 22.5. The molecule has 0 aromatic heterocycles. The molecule has 0 saturated heterocycles. The van der Waals surface area contributed by atoms with Gasteiger partial charge < -0.3 is 5.32 Å². The van der Waals surface area contributed by atoms with Crippen LogP contribution in [0.5, 0.6) is 0 Å². The number of anilines is 1. The summed E-state index contributed by atoms with van der Waals surface area (Å²) >= 11 is 11.8. The molecule has 1 amide bonds. The predicted octanol–water partition coefficient (Wildman–Crippen LogP) is 4.46. The van der Waals surface area contributed by atoms with Crippen LogP contribution in [-0.4, -0.2) is 10.8 Å². The summed E-state index contributed by atoms with van der Waals surface area (Å²) in [5.41, 5.74) is 0.873. The normalized spacial score (nSPS) is 10.2. The Balaban J connectivity index is 2.36. The standard InChI is InChI=1S/C14H10Cl2N2O3/c1-8-2-4-12(11(16)6-8)17-14(19)10-7-9(15)3-5-13(10)18(20)21/h2-7H,1H3,(H,17,19). The van der Waals surface area contributed by atoms with Crippen LogP contribution >= 0.6 is 23.2 Å². The van der Waals surface area contributed by atoms with E-state index < -0.39 is 10.8 Å². The molecule has 2 rings (SSSR count). The van der Waals surface area contributed by atoms with E-state index in [1.807, 2.05) is 6.92 Å². The molecule has 0 aliphatic heterocycles. The molecule has 108 valence electrons. The minimum atomic E-state index is -0.644. The van der Waals surface area contributed by atoms with E-state index >= 15 is 0 Å². The van der Waals surface area contributed by atoms with Gasteiger partial charge >= 0.3 is 0 Å². The van der Waals surface area contributed by atoms with Gasteiger partial charge in [0.25, 0.3) is 11.6 Å². The first-order chi connectivity index (χ1) is 9.88. The SMILES string of the molecule is Cc1ccc(NC(=O)c2cc(Cl)ccc2[N+](=O)[O-])c(Cl)c1. The maximum atomic E-state index is 12.2. The van der Waals surface area contributed by atoms with Gasteiger partial charge in [-0.05, 0) is 36.8 Å². The number of hydrogen-bond acceptors (Lipinski definition) is 3. The second kappa shape index (κ2) is 6.11. The lowest BCUT2D eigenvalue weighted by Crippen LogP contribution is -2.14. The van der Waals surface area contributed by atoms with Crippen molar-refractivity contribution in [2.45, 2.75) is 6.92 Å². The second-order valence-corrected chi connectivity index (χ2v) is 5.20. The summed E-state index contributed by atoms with van der Waals surface area (Å²) in [5, 5.41) is 14.1. The molecule has 7 heteroatoms. The quantitative estimate of drug-likeness (QED) is 0.669. The zero-order valence-electron chi connectivity index (χ0n) is 10.9. The largest absolute Gasteiger partial charge is 0.320 e. The maximum Gasteiger partial charge on any atom is 0.282 e. The number of rotatable bonds is 3. The first-order valence-corrected chi connectivity index (χ1v) is 6.65. The maximum absolute atomic E-state index is 12.2. The van der Waals surface area contributed by atoms with Crippen molar-refractivity contribution in [1.29, 1.82) is 0 Å². The van der Waals surface area contributed by atoms with Crippen LogP contribution in [0.2, 0.25) is 10.0 Å². The number of benzene rings is 2. The average molecular weight is 325 g/mol. The van der Waals surface area contributed by atoms with E-state index in [-0.39, 0.29) is 16.3 Å². The van der Waals surface area contributed by atoms with Crippen LogP contribution in [0, 0.1) is 17.0 Å². The predicted molar refractivity (Wildman–Crippen MR) is 82.2 cm³/mol. The highest BCUT2D eigenvalue weighted by Crippen LogP contribution is 2.26. The van der Waals surface area contributed by atoms with Gasteiger partial charge in [0.1, 0.15) is 5.56 Å². The number of nitrogens with one attached hydrogen (secondary N) is 1. The smallest absolute Gasteiger partial charge is 0.282 e. The molecular weight excluding hydrogens is 315 g/mol. The van der Waals surface area contributed by atoms with E-state index in [4.69, 9.17) is 23.2 Å². The van der Waals surface area contributed by atoms with Gasteiger partial charge in [0.15, 0.2) is 0 Å². The number of aryl methyl sites for hydroxylation is 1. The van der Waals surface area contributed by atoms with E-state index in [9.17, 15) is 14.9 Å². The molecule has 0 heterocycles. The number of nitrogens with zero attached hydrogens (tertiary/aromatic N) is 1. The molecule has 0 saturated carbocycles. The van der Waals surface area contributed by atoms with Crippen molar-refractivity contribution in [2.75, 3.05) is 5.32 Å². The molecule has 2 aromatic rings. The summed E-state index contributed by atoms with van der Waals surface area (Å²) < 4.78 is 0. The molecule has 0 aliphatic carbocycles. The highest BCUT2D eigenvalue weighted by molar-refractivity contribution is 6.34. The minimum Gasteiger partial charge on any atom is -0.320 e. The summed E-state index contributed by atoms with van der Waals surface area (Å²) in [6.07, 6.45) is 0. The minimum absolute atomic E-state index is 0.121. The third-order valence-electron chi connectivity index (χ3n) is 2.77. The van der Waals surface area contributed by atoms with Crippen LogP contribution in [0.15, 0.2) is 36.4 Å². The first kappa shape index (κ1) is 15.3. The molecule has 0 radical (unpaired) electrons. The third-order valence-corrected chi connectivity index (χ3v) is 3.32. The van der Waals surface area contributed by atoms with Crippen LogP contribution in [0.3, 0.4) is 0 Å². The number of nitro benzene ring substituents is 1. The molecule has 0 fully saturated rings. The summed E-state index contributed by atoms with van der Waals surface area (Å²) in [7, 11) is 0. The van der Waals surface area contributed by atoms with Crippen LogP contribution < -0.4 is 5.32 Å². The lowest BCUT2D eigenvalue weighted by Gasteiger charge is -2.08. The van der Waals surface area contributed by atoms with Gasteiger partial charge in [-0.2, -0.15) is 0 Å². The van der Waals surface area contributed by atoms with Crippen LogP contribution in [0.1, 0.15) is 15.9 Å². The number of halogens is 2. The van der Waals surface area contributed by atoms with Gasteiger partial charge in [0, 0.05) is 11.1 Å². The van der Waals surface area contributed by atoms with E-state index in [0.717, 1.165) is 5.56 Å². The van der Waals surface area contributed by atoms with E-state index in [1.54, 1.807) is 18.2 Å². The first-order valence-electron chi connectivity index (χ1n) is 5.90. The topological polar surface area (TPSA) is 72.2 Å². The Kier molecular flexibility index (Phi) is 4.45. The van der Waals surface area contributed by atoms with Gasteiger partial charge in [0.05, 0.1) is 15.6 Å². The summed E-state index contributed by atoms with van der Waals surface area (Å²) in [6, 6.07) is 8.88. The average Bonchev–Trinajstić information content (AvgIpc) is 2.41. The molecule has 0 atom stereocenters. The Morgan fingerprint density at radius 2 is 1.90 bits per heavy atom. The number of carbonyl (C=O) groups excluding carboxylic acids is 1. The van der Waals surface area contributed by atoms with Gasteiger partial charge in [-0.1, -0.05) is 29.3 Å². The Morgan fingerprint density at radius 3 is 2.52 bits per heavy atom. The van der Waals surface area contributed by atoms with Crippen LogP contribution in [0.25, 0.3) is 0 Å². The van der Waals surface area contributed by atoms with Crippen molar-refractivity contribution in [3.05, 3.63) is 67.7 Å². The number of nitro groups is 1. The molecule has 0 bridgehead atoms. The molecule has 2 aromatic carbocycles. The summed E-state index contributed by atoms with van der Waals surface area (Å²) in [5.74, 6) is -0.644. The zero-order valence-corrected chi connectivity index (χ0v) is 12.4. The summed E-state index contributed by atoms with van der Waals surface area (Å²) in [6.45, 7) is 1.86. The van der Waals surface area contributed by atoms with E-state index in [0.29, 0.717) is 10.7 Å². The van der Waals surface area contributed by atoms with E-state index in [1.165, 1.54) is 18.2 Å². The Bertz CT molecular complexity index is 732. The van der Waals surface area contributed by atoms with Crippen molar-refractivity contribution in [2.24, 2.45) is 0 Å². The molecule has 0 aliphatic rings. The Morgan fingerprint density at radius 1 is 1.19 bits per heavy atom. The lowest BCUT2D eigenvalue weighted by atomic mass is 10.1. The van der Waals surface area contributed by atoms with Crippen molar-refractivity contribution in [1.82, 2.24) is 0 Å². The lowest BCUT2D eigenvalue weighted by molar-refractivity contribution is -0.385. The van der Waals surface area contributed by atoms with Crippen LogP contribution in [-0.2, 0) is 0 Å². The highest BCUT2D eigenvalue weighted by atomic mass is 35.5. The number of hydrogen-bond donors (Lipinski definition) is 1. The fraction of sp³-hybridized carbons (Fsp3) is 0.0714. The third kappa shape index (κ3) is 3.51. The zero-order chi connectivity index (χ0) is 15.6. The van der Waals surface area contributed by atoms with Crippen molar-refractivity contribution < 1.29 is 9.72 Å². The molecule has 1 N–H and O–H groups in total. The van der Waals surface area contributed by atoms with Crippen LogP contribution in [0.4, 0.5) is 11.4 Å². The Hall–Kier alpha value is -2.11. The monoisotopic (exact) mass is 324 g/mol. The molecule has 0 spiro atoms. The van der Waals surface area contributed by atoms with Crippen molar-refractivity contribution >= 4 is 40.5 Å². The molecule has 0 unspecified atom stereocenters. The number of carbonyl (C=O) groups is 1. The molecule has 5 nitrogen and oxygen atoms in total. The van der Waals surface area contributed by atoms with Gasteiger partial charge in [-0.15, -0.1) is 0 Å². The van der Waals surface area contributed by atoms with Gasteiger partial charge in [-0.25, -0.2) is 0 Å². The number of amides is 1. The van der Waals surface area contributed by atoms with Gasteiger partial charge in [-0.3, -0.25) is 14.9 Å². The second-order valence-electron chi connectivity index (χ2n) is 4.36. The fourth-order valence-corrected chi connectivity index (χ4v) is 2.21. The molecule has 21 heavy (non-hydrogen) atoms.